The third-order valence-corrected chi connectivity index (χ3v) is 7.90. The molecule has 1 spiro atoms. The van der Waals surface area contributed by atoms with E-state index in [1.54, 1.807) is 30.1 Å². The molecule has 2 aromatic heterocycles. The summed E-state index contributed by atoms with van der Waals surface area (Å²) in [7, 11) is 1.94. The molecule has 3 heterocycles. The highest BCUT2D eigenvalue weighted by atomic mass is 32.2. The average molecular weight is 475 g/mol. The molecule has 1 aliphatic carbocycles. The summed E-state index contributed by atoms with van der Waals surface area (Å²) in [6, 6.07) is 7.58. The lowest BCUT2D eigenvalue weighted by Crippen LogP contribution is -2.23. The van der Waals surface area contributed by atoms with Gasteiger partial charge in [0.2, 0.25) is 0 Å². The Bertz CT molecular complexity index is 1100. The quantitative estimate of drug-likeness (QED) is 0.367. The van der Waals surface area contributed by atoms with Crippen molar-refractivity contribution >= 4 is 11.8 Å². The number of alkyl halides is 3. The molecule has 6 nitrogen and oxygen atoms in total. The van der Waals surface area contributed by atoms with Crippen molar-refractivity contribution in [2.45, 2.75) is 36.5 Å². The summed E-state index contributed by atoms with van der Waals surface area (Å²) in [6.07, 6.45) is 2.16. The van der Waals surface area contributed by atoms with E-state index in [0.717, 1.165) is 66.9 Å². The van der Waals surface area contributed by atoms with Crippen molar-refractivity contribution in [2.24, 2.45) is 12.5 Å². The summed E-state index contributed by atoms with van der Waals surface area (Å²) >= 11 is 1.69. The number of likely N-dealkylation sites (tertiary alicyclic amines) is 1. The molecule has 5 rings (SSSR count). The van der Waals surface area contributed by atoms with Crippen molar-refractivity contribution in [1.29, 1.82) is 0 Å². The maximum atomic E-state index is 12.8. The van der Waals surface area contributed by atoms with Crippen molar-refractivity contribution in [3.05, 3.63) is 54.0 Å². The van der Waals surface area contributed by atoms with E-state index in [9.17, 15) is 13.2 Å². The van der Waals surface area contributed by atoms with Crippen molar-refractivity contribution in [3.63, 3.8) is 0 Å². The Morgan fingerprint density at radius 2 is 1.97 bits per heavy atom. The first-order chi connectivity index (χ1) is 15.9. The van der Waals surface area contributed by atoms with E-state index in [1.165, 1.54) is 18.5 Å². The minimum atomic E-state index is -4.27. The number of nitrogens with zero attached hydrogens (tertiary/aromatic N) is 6. The molecule has 3 aromatic rings. The molecule has 2 fully saturated rings. The molecule has 2 aliphatic rings. The number of hydrogen-bond acceptors (Lipinski definition) is 6. The monoisotopic (exact) mass is 474 g/mol. The highest BCUT2D eigenvalue weighted by molar-refractivity contribution is 7.99. The van der Waals surface area contributed by atoms with Crippen LogP contribution in [0.5, 0.6) is 0 Å². The molecule has 2 unspecified atom stereocenters. The van der Waals surface area contributed by atoms with Crippen LogP contribution in [-0.4, -0.2) is 55.0 Å². The first-order valence-electron chi connectivity index (χ1n) is 11.0. The Hall–Kier alpha value is -2.46. The molecular weight excluding hydrogens is 449 g/mol. The maximum absolute atomic E-state index is 12.8. The molecule has 0 N–H and O–H groups in total. The van der Waals surface area contributed by atoms with Crippen LogP contribution in [0.2, 0.25) is 0 Å². The maximum Gasteiger partial charge on any atom is 0.416 e. The third kappa shape index (κ3) is 4.63. The molecule has 1 saturated carbocycles. The molecule has 2 atom stereocenters. The van der Waals surface area contributed by atoms with Gasteiger partial charge in [-0.3, -0.25) is 0 Å². The third-order valence-electron chi connectivity index (χ3n) is 6.79. The Kier molecular flexibility index (Phi) is 5.90. The van der Waals surface area contributed by atoms with Gasteiger partial charge in [0, 0.05) is 25.5 Å². The van der Waals surface area contributed by atoms with Gasteiger partial charge in [-0.1, -0.05) is 23.9 Å². The second kappa shape index (κ2) is 8.72. The first-order valence-corrected chi connectivity index (χ1v) is 12.0. The molecule has 0 radical (unpaired) electrons. The Labute approximate surface area is 194 Å². The van der Waals surface area contributed by atoms with E-state index >= 15 is 0 Å². The van der Waals surface area contributed by atoms with Crippen LogP contribution < -0.4 is 0 Å². The zero-order chi connectivity index (χ0) is 23.1. The fourth-order valence-corrected chi connectivity index (χ4v) is 5.72. The number of aromatic nitrogens is 5. The zero-order valence-corrected chi connectivity index (χ0v) is 19.1. The lowest BCUT2D eigenvalue weighted by Gasteiger charge is -2.16. The SMILES string of the molecule is Cn1c(SCCCN2CCC3(CC3c3ccc(C(F)(F)F)cc3)C2)nnc1-c1ccncn1. The Morgan fingerprint density at radius 3 is 2.70 bits per heavy atom. The minimum Gasteiger partial charge on any atom is -0.304 e. The van der Waals surface area contributed by atoms with Gasteiger partial charge in [0.15, 0.2) is 11.0 Å². The van der Waals surface area contributed by atoms with Crippen LogP contribution in [0.1, 0.15) is 36.3 Å². The van der Waals surface area contributed by atoms with Crippen molar-refractivity contribution in [1.82, 2.24) is 29.6 Å². The van der Waals surface area contributed by atoms with Gasteiger partial charge in [0.25, 0.3) is 0 Å². The second-order valence-electron chi connectivity index (χ2n) is 8.93. The summed E-state index contributed by atoms with van der Waals surface area (Å²) < 4.78 is 40.4. The van der Waals surface area contributed by atoms with E-state index in [-0.39, 0.29) is 5.41 Å². The molecule has 0 bridgehead atoms. The van der Waals surface area contributed by atoms with Crippen LogP contribution in [0.4, 0.5) is 13.2 Å². The number of hydrogen-bond donors (Lipinski definition) is 0. The van der Waals surface area contributed by atoms with Crippen molar-refractivity contribution < 1.29 is 13.2 Å². The standard InChI is InChI=1S/C23H25F3N6S/c1-31-20(19-7-9-27-15-28-19)29-30-21(31)33-12-2-10-32-11-8-22(14-32)13-18(22)16-3-5-17(6-4-16)23(24,25)26/h3-7,9,15,18H,2,8,10-14H2,1H3. The number of rotatable bonds is 7. The molecule has 1 aromatic carbocycles. The van der Waals surface area contributed by atoms with Gasteiger partial charge in [0.1, 0.15) is 12.0 Å². The van der Waals surface area contributed by atoms with Gasteiger partial charge in [-0.2, -0.15) is 13.2 Å². The molecule has 0 amide bonds. The lowest BCUT2D eigenvalue weighted by molar-refractivity contribution is -0.137. The summed E-state index contributed by atoms with van der Waals surface area (Å²) in [5.74, 6) is 2.06. The Morgan fingerprint density at radius 1 is 1.15 bits per heavy atom. The van der Waals surface area contributed by atoms with Gasteiger partial charge in [-0.25, -0.2) is 9.97 Å². The Balaban J connectivity index is 1.09. The fraction of sp³-hybridized carbons (Fsp3) is 0.478. The number of thioether (sulfide) groups is 1. The predicted molar refractivity (Wildman–Crippen MR) is 120 cm³/mol. The van der Waals surface area contributed by atoms with Crippen molar-refractivity contribution in [3.8, 4) is 11.5 Å². The number of benzene rings is 1. The average Bonchev–Trinajstić information content (AvgIpc) is 3.15. The van der Waals surface area contributed by atoms with E-state index in [2.05, 4.69) is 25.1 Å². The van der Waals surface area contributed by atoms with E-state index in [0.29, 0.717) is 5.92 Å². The molecule has 33 heavy (non-hydrogen) atoms. The van der Waals surface area contributed by atoms with Crippen LogP contribution in [-0.2, 0) is 13.2 Å². The van der Waals surface area contributed by atoms with Gasteiger partial charge in [-0.05, 0) is 67.4 Å². The van der Waals surface area contributed by atoms with Gasteiger partial charge < -0.3 is 9.47 Å². The largest absolute Gasteiger partial charge is 0.416 e. The normalized spacial score (nSPS) is 22.8. The van der Waals surface area contributed by atoms with Gasteiger partial charge >= 0.3 is 6.18 Å². The zero-order valence-electron chi connectivity index (χ0n) is 18.3. The van der Waals surface area contributed by atoms with E-state index in [4.69, 9.17) is 0 Å². The molecule has 10 heteroatoms. The molecule has 174 valence electrons. The summed E-state index contributed by atoms with van der Waals surface area (Å²) in [4.78, 5) is 10.7. The van der Waals surface area contributed by atoms with Crippen LogP contribution >= 0.6 is 11.8 Å². The predicted octanol–water partition coefficient (Wildman–Crippen LogP) is 4.65. The minimum absolute atomic E-state index is 0.253. The summed E-state index contributed by atoms with van der Waals surface area (Å²) in [5, 5.41) is 9.41. The summed E-state index contributed by atoms with van der Waals surface area (Å²) in [6.45, 7) is 3.11. The number of halogens is 3. The topological polar surface area (TPSA) is 59.7 Å². The van der Waals surface area contributed by atoms with E-state index < -0.39 is 11.7 Å². The van der Waals surface area contributed by atoms with Crippen molar-refractivity contribution in [2.75, 3.05) is 25.4 Å². The van der Waals surface area contributed by atoms with Crippen LogP contribution in [0, 0.1) is 5.41 Å². The highest BCUT2D eigenvalue weighted by Crippen LogP contribution is 2.64. The molecular formula is C23H25F3N6S. The first kappa shape index (κ1) is 22.3. The second-order valence-corrected chi connectivity index (χ2v) is 9.99. The van der Waals surface area contributed by atoms with Gasteiger partial charge in [0.05, 0.1) is 5.56 Å². The highest BCUT2D eigenvalue weighted by Gasteiger charge is 2.57. The van der Waals surface area contributed by atoms with Crippen LogP contribution in [0.25, 0.3) is 11.5 Å². The lowest BCUT2D eigenvalue weighted by atomic mass is 9.97. The molecule has 1 aliphatic heterocycles. The molecule has 1 saturated heterocycles. The summed E-state index contributed by atoms with van der Waals surface area (Å²) in [5.41, 5.74) is 1.48. The van der Waals surface area contributed by atoms with Gasteiger partial charge in [-0.15, -0.1) is 10.2 Å². The van der Waals surface area contributed by atoms with Crippen LogP contribution in [0.3, 0.4) is 0 Å². The smallest absolute Gasteiger partial charge is 0.304 e. The van der Waals surface area contributed by atoms with E-state index in [1.807, 2.05) is 17.7 Å². The van der Waals surface area contributed by atoms with Crippen LogP contribution in [0.15, 0.2) is 48.0 Å². The fourth-order valence-electron chi connectivity index (χ4n) is 4.89.